The van der Waals surface area contributed by atoms with Gasteiger partial charge in [0, 0.05) is 17.2 Å². The average Bonchev–Trinajstić information content (AvgIpc) is 2.96. The second-order valence-corrected chi connectivity index (χ2v) is 10.3. The Balaban J connectivity index is 1.54. The van der Waals surface area contributed by atoms with Gasteiger partial charge in [-0.15, -0.1) is 11.8 Å². The van der Waals surface area contributed by atoms with E-state index in [0.29, 0.717) is 12.1 Å². The number of thioether (sulfide) groups is 1. The van der Waals surface area contributed by atoms with Gasteiger partial charge < -0.3 is 10.2 Å². The van der Waals surface area contributed by atoms with Gasteiger partial charge in [-0.2, -0.15) is 0 Å². The molecule has 6 nitrogen and oxygen atoms in total. The summed E-state index contributed by atoms with van der Waals surface area (Å²) in [5.74, 6) is 0.110. The summed E-state index contributed by atoms with van der Waals surface area (Å²) in [4.78, 5) is 42.7. The van der Waals surface area contributed by atoms with E-state index in [-0.39, 0.29) is 17.9 Å². The molecular weight excluding hydrogens is 410 g/mol. The molecule has 0 aliphatic carbocycles. The molecule has 162 valence electrons. The Labute approximate surface area is 187 Å². The van der Waals surface area contributed by atoms with Crippen LogP contribution in [0, 0.1) is 0 Å². The molecule has 2 aromatic carbocycles. The highest BCUT2D eigenvalue weighted by molar-refractivity contribution is 7.99. The fourth-order valence-electron chi connectivity index (χ4n) is 3.99. The number of benzene rings is 2. The maximum absolute atomic E-state index is 13.3. The first-order valence-corrected chi connectivity index (χ1v) is 11.4. The number of rotatable bonds is 3. The lowest BCUT2D eigenvalue weighted by atomic mass is 9.84. The molecule has 2 aromatic rings. The number of hydrogen-bond acceptors (Lipinski definition) is 4. The molecule has 1 unspecified atom stereocenters. The van der Waals surface area contributed by atoms with Gasteiger partial charge in [0.1, 0.15) is 12.1 Å². The fourth-order valence-corrected chi connectivity index (χ4v) is 4.98. The highest BCUT2D eigenvalue weighted by Crippen LogP contribution is 2.35. The average molecular weight is 438 g/mol. The third kappa shape index (κ3) is 3.83. The molecule has 1 fully saturated rings. The van der Waals surface area contributed by atoms with E-state index in [4.69, 9.17) is 0 Å². The molecule has 0 aromatic heterocycles. The van der Waals surface area contributed by atoms with Crippen LogP contribution in [0.15, 0.2) is 53.4 Å². The van der Waals surface area contributed by atoms with Gasteiger partial charge >= 0.3 is 6.03 Å². The molecule has 2 heterocycles. The van der Waals surface area contributed by atoms with E-state index in [2.05, 4.69) is 26.1 Å². The van der Waals surface area contributed by atoms with E-state index in [1.54, 1.807) is 23.6 Å². The first kappa shape index (κ1) is 21.4. The van der Waals surface area contributed by atoms with Crippen molar-refractivity contribution >= 4 is 35.3 Å². The van der Waals surface area contributed by atoms with Crippen LogP contribution in [0.1, 0.15) is 38.8 Å². The maximum atomic E-state index is 13.3. The number of hydrogen-bond donors (Lipinski definition) is 1. The SMILES string of the molecule is CC(C)(C)c1ccc(C2(C)NC(=O)N(CC(=O)N3CCSc4ccccc43)C2=O)cc1. The summed E-state index contributed by atoms with van der Waals surface area (Å²) in [5.41, 5.74) is 1.47. The molecule has 0 spiro atoms. The normalized spacial score (nSPS) is 21.2. The molecule has 4 amide bonds. The number of anilines is 1. The summed E-state index contributed by atoms with van der Waals surface area (Å²) >= 11 is 1.70. The minimum atomic E-state index is -1.19. The predicted molar refractivity (Wildman–Crippen MR) is 122 cm³/mol. The number of carbonyl (C=O) groups is 3. The molecule has 1 N–H and O–H groups in total. The smallest absolute Gasteiger partial charge is 0.319 e. The molecule has 0 radical (unpaired) electrons. The number of urea groups is 1. The molecule has 0 bridgehead atoms. The van der Waals surface area contributed by atoms with E-state index in [0.717, 1.165) is 26.8 Å². The van der Waals surface area contributed by atoms with Crippen molar-refractivity contribution in [2.24, 2.45) is 0 Å². The van der Waals surface area contributed by atoms with E-state index in [1.165, 1.54) is 0 Å². The summed E-state index contributed by atoms with van der Waals surface area (Å²) in [6, 6.07) is 14.9. The van der Waals surface area contributed by atoms with E-state index in [9.17, 15) is 14.4 Å². The molecule has 1 saturated heterocycles. The Morgan fingerprint density at radius 2 is 1.77 bits per heavy atom. The molecule has 4 rings (SSSR count). The third-order valence-electron chi connectivity index (χ3n) is 5.93. The standard InChI is InChI=1S/C24H27N3O3S/c1-23(2,3)16-9-11-17(12-10-16)24(4)21(29)27(22(30)25-24)15-20(28)26-13-14-31-19-8-6-5-7-18(19)26/h5-12H,13-15H2,1-4H3,(H,25,30). The van der Waals surface area contributed by atoms with Crippen LogP contribution in [0.3, 0.4) is 0 Å². The fraction of sp³-hybridized carbons (Fsp3) is 0.375. The lowest BCUT2D eigenvalue weighted by Gasteiger charge is -2.30. The van der Waals surface area contributed by atoms with Gasteiger partial charge in [-0.3, -0.25) is 14.5 Å². The molecule has 2 aliphatic heterocycles. The van der Waals surface area contributed by atoms with Crippen LogP contribution in [0.4, 0.5) is 10.5 Å². The molecule has 31 heavy (non-hydrogen) atoms. The minimum absolute atomic E-state index is 0.0101. The van der Waals surface area contributed by atoms with Crippen molar-refractivity contribution in [1.82, 2.24) is 10.2 Å². The quantitative estimate of drug-likeness (QED) is 0.740. The number of carbonyl (C=O) groups excluding carboxylic acids is 3. The Kier molecular flexibility index (Phi) is 5.33. The monoisotopic (exact) mass is 437 g/mol. The number of nitrogens with one attached hydrogen (secondary N) is 1. The number of imide groups is 1. The molecule has 7 heteroatoms. The van der Waals surface area contributed by atoms with E-state index < -0.39 is 17.5 Å². The molecule has 2 aliphatic rings. The zero-order valence-corrected chi connectivity index (χ0v) is 19.1. The highest BCUT2D eigenvalue weighted by atomic mass is 32.2. The van der Waals surface area contributed by atoms with Gasteiger partial charge in [-0.25, -0.2) is 4.79 Å². The first-order chi connectivity index (χ1) is 14.6. The van der Waals surface area contributed by atoms with Crippen molar-refractivity contribution in [2.75, 3.05) is 23.7 Å². The van der Waals surface area contributed by atoms with Crippen molar-refractivity contribution in [3.63, 3.8) is 0 Å². The molecular formula is C24H27N3O3S. The lowest BCUT2D eigenvalue weighted by Crippen LogP contribution is -2.46. The second kappa shape index (κ2) is 7.71. The van der Waals surface area contributed by atoms with Crippen LogP contribution in [-0.4, -0.2) is 41.6 Å². The van der Waals surface area contributed by atoms with Crippen LogP contribution in [0.2, 0.25) is 0 Å². The Bertz CT molecular complexity index is 1040. The van der Waals surface area contributed by atoms with Crippen molar-refractivity contribution in [3.8, 4) is 0 Å². The third-order valence-corrected chi connectivity index (χ3v) is 6.97. The Hall–Kier alpha value is -2.80. The summed E-state index contributed by atoms with van der Waals surface area (Å²) in [6.45, 7) is 8.33. The van der Waals surface area contributed by atoms with Gasteiger partial charge in [0.15, 0.2) is 0 Å². The van der Waals surface area contributed by atoms with Crippen LogP contribution >= 0.6 is 11.8 Å². The topological polar surface area (TPSA) is 69.7 Å². The zero-order valence-electron chi connectivity index (χ0n) is 18.3. The Morgan fingerprint density at radius 3 is 2.45 bits per heavy atom. The number of nitrogens with zero attached hydrogens (tertiary/aromatic N) is 2. The summed E-state index contributed by atoms with van der Waals surface area (Å²) in [7, 11) is 0. The number of fused-ring (bicyclic) bond motifs is 1. The van der Waals surface area contributed by atoms with Crippen LogP contribution in [0.5, 0.6) is 0 Å². The van der Waals surface area contributed by atoms with E-state index >= 15 is 0 Å². The summed E-state index contributed by atoms with van der Waals surface area (Å²) in [5, 5.41) is 2.79. The van der Waals surface area contributed by atoms with Crippen molar-refractivity contribution in [2.45, 2.75) is 43.5 Å². The number of amides is 4. The van der Waals surface area contributed by atoms with Crippen LogP contribution < -0.4 is 10.2 Å². The van der Waals surface area contributed by atoms with Crippen LogP contribution in [0.25, 0.3) is 0 Å². The Morgan fingerprint density at radius 1 is 1.10 bits per heavy atom. The van der Waals surface area contributed by atoms with Gasteiger partial charge in [-0.1, -0.05) is 57.2 Å². The van der Waals surface area contributed by atoms with Gasteiger partial charge in [0.25, 0.3) is 5.91 Å². The van der Waals surface area contributed by atoms with Crippen LogP contribution in [-0.2, 0) is 20.5 Å². The predicted octanol–water partition coefficient (Wildman–Crippen LogP) is 3.89. The van der Waals surface area contributed by atoms with Crippen molar-refractivity contribution in [3.05, 3.63) is 59.7 Å². The second-order valence-electron chi connectivity index (χ2n) is 9.14. The largest absolute Gasteiger partial charge is 0.325 e. The summed E-state index contributed by atoms with van der Waals surface area (Å²) in [6.07, 6.45) is 0. The molecule has 0 saturated carbocycles. The van der Waals surface area contributed by atoms with Gasteiger partial charge in [0.05, 0.1) is 5.69 Å². The zero-order chi connectivity index (χ0) is 22.4. The van der Waals surface area contributed by atoms with Gasteiger partial charge in [-0.05, 0) is 35.6 Å². The minimum Gasteiger partial charge on any atom is -0.319 e. The van der Waals surface area contributed by atoms with E-state index in [1.807, 2.05) is 48.5 Å². The van der Waals surface area contributed by atoms with Crippen molar-refractivity contribution < 1.29 is 14.4 Å². The number of para-hydroxylation sites is 1. The first-order valence-electron chi connectivity index (χ1n) is 10.4. The summed E-state index contributed by atoms with van der Waals surface area (Å²) < 4.78 is 0. The lowest BCUT2D eigenvalue weighted by molar-refractivity contribution is -0.134. The van der Waals surface area contributed by atoms with Crippen molar-refractivity contribution in [1.29, 1.82) is 0 Å². The highest BCUT2D eigenvalue weighted by Gasteiger charge is 2.49. The molecule has 1 atom stereocenters. The maximum Gasteiger partial charge on any atom is 0.325 e. The van der Waals surface area contributed by atoms with Gasteiger partial charge in [0.2, 0.25) is 5.91 Å².